The Morgan fingerprint density at radius 1 is 0.533 bits per heavy atom. The molecule has 0 N–H and O–H groups in total. The third-order valence-electron chi connectivity index (χ3n) is 8.88. The highest BCUT2D eigenvalue weighted by molar-refractivity contribution is 7.85. The van der Waals surface area contributed by atoms with E-state index < -0.39 is 7.14 Å². The van der Waals surface area contributed by atoms with E-state index in [-0.39, 0.29) is 0 Å². The van der Waals surface area contributed by atoms with Crippen molar-refractivity contribution in [2.45, 2.75) is 0 Å². The second-order valence-electron chi connectivity index (χ2n) is 11.4. The number of fused-ring (bicyclic) bond motifs is 10. The SMILES string of the molecule is O=P(c1ccccc1)(c1ccccc1)c1ccc(-c2ccc3c(ccc4c5ccccc5c5nc6ccccc6n5c34)c2)cn1. The van der Waals surface area contributed by atoms with Crippen molar-refractivity contribution in [3.8, 4) is 11.1 Å². The maximum absolute atomic E-state index is 14.8. The molecule has 0 bridgehead atoms. The lowest BCUT2D eigenvalue weighted by molar-refractivity contribution is 0.592. The molecule has 5 heteroatoms. The van der Waals surface area contributed by atoms with Gasteiger partial charge in [0, 0.05) is 38.5 Å². The predicted octanol–water partition coefficient (Wildman–Crippen LogP) is 8.65. The van der Waals surface area contributed by atoms with Crippen LogP contribution in [0.2, 0.25) is 0 Å². The molecule has 45 heavy (non-hydrogen) atoms. The number of aromatic nitrogens is 3. The third kappa shape index (κ3) is 3.90. The molecule has 0 unspecified atom stereocenters. The molecule has 212 valence electrons. The van der Waals surface area contributed by atoms with Gasteiger partial charge in [0.2, 0.25) is 0 Å². The molecule has 0 saturated carbocycles. The first-order valence-corrected chi connectivity index (χ1v) is 16.7. The molecular formula is C40H26N3OP. The van der Waals surface area contributed by atoms with Crippen LogP contribution in [0, 0.1) is 0 Å². The summed E-state index contributed by atoms with van der Waals surface area (Å²) in [6.07, 6.45) is 1.85. The van der Waals surface area contributed by atoms with Crippen molar-refractivity contribution >= 4 is 72.3 Å². The van der Waals surface area contributed by atoms with Gasteiger partial charge in [0.1, 0.15) is 11.1 Å². The lowest BCUT2D eigenvalue weighted by Crippen LogP contribution is -2.26. The lowest BCUT2D eigenvalue weighted by atomic mass is 9.98. The Morgan fingerprint density at radius 2 is 1.18 bits per heavy atom. The zero-order valence-corrected chi connectivity index (χ0v) is 25.1. The van der Waals surface area contributed by atoms with Crippen LogP contribution in [0.25, 0.3) is 60.3 Å². The van der Waals surface area contributed by atoms with Gasteiger partial charge in [-0.05, 0) is 40.6 Å². The zero-order chi connectivity index (χ0) is 30.0. The van der Waals surface area contributed by atoms with E-state index in [1.165, 1.54) is 10.8 Å². The second-order valence-corrected chi connectivity index (χ2v) is 14.1. The van der Waals surface area contributed by atoms with Crippen molar-refractivity contribution in [1.82, 2.24) is 14.4 Å². The van der Waals surface area contributed by atoms with Crippen molar-refractivity contribution < 1.29 is 4.57 Å². The number of imidazole rings is 1. The molecule has 0 spiro atoms. The minimum Gasteiger partial charge on any atom is -0.307 e. The van der Waals surface area contributed by atoms with Gasteiger partial charge in [0.15, 0.2) is 7.14 Å². The summed E-state index contributed by atoms with van der Waals surface area (Å²) in [4.78, 5) is 9.91. The van der Waals surface area contributed by atoms with Crippen LogP contribution < -0.4 is 16.0 Å². The van der Waals surface area contributed by atoms with E-state index in [1.807, 2.05) is 85.1 Å². The van der Waals surface area contributed by atoms with Crippen LogP contribution in [0.15, 0.2) is 158 Å². The summed E-state index contributed by atoms with van der Waals surface area (Å²) in [6.45, 7) is 0. The predicted molar refractivity (Wildman–Crippen MR) is 188 cm³/mol. The maximum Gasteiger partial charge on any atom is 0.188 e. The van der Waals surface area contributed by atoms with Gasteiger partial charge >= 0.3 is 0 Å². The first kappa shape index (κ1) is 25.9. The molecule has 6 aromatic carbocycles. The quantitative estimate of drug-likeness (QED) is 0.151. The smallest absolute Gasteiger partial charge is 0.188 e. The largest absolute Gasteiger partial charge is 0.307 e. The Morgan fingerprint density at radius 3 is 1.91 bits per heavy atom. The Bertz CT molecular complexity index is 2570. The Kier molecular flexibility index (Phi) is 5.74. The zero-order valence-electron chi connectivity index (χ0n) is 24.2. The first-order valence-electron chi connectivity index (χ1n) is 15.0. The molecule has 3 aromatic heterocycles. The average Bonchev–Trinajstić information content (AvgIpc) is 3.51. The molecule has 0 aliphatic carbocycles. The Labute approximate surface area is 259 Å². The van der Waals surface area contributed by atoms with Crippen LogP contribution in [0.3, 0.4) is 0 Å². The van der Waals surface area contributed by atoms with Crippen molar-refractivity contribution in [3.05, 3.63) is 158 Å². The molecule has 0 aliphatic heterocycles. The number of para-hydroxylation sites is 2. The summed E-state index contributed by atoms with van der Waals surface area (Å²) < 4.78 is 17.1. The summed E-state index contributed by atoms with van der Waals surface area (Å²) in [6, 6.07) is 51.2. The fourth-order valence-corrected chi connectivity index (χ4v) is 9.25. The summed E-state index contributed by atoms with van der Waals surface area (Å²) in [7, 11) is -3.13. The molecular weight excluding hydrogens is 569 g/mol. The van der Waals surface area contributed by atoms with Gasteiger partial charge in [0.25, 0.3) is 0 Å². The van der Waals surface area contributed by atoms with E-state index in [2.05, 4.69) is 77.2 Å². The van der Waals surface area contributed by atoms with E-state index in [4.69, 9.17) is 9.97 Å². The lowest BCUT2D eigenvalue weighted by Gasteiger charge is -2.19. The average molecular weight is 596 g/mol. The summed E-state index contributed by atoms with van der Waals surface area (Å²) in [5.41, 5.74) is 6.82. The van der Waals surface area contributed by atoms with Gasteiger partial charge in [0.05, 0.1) is 16.6 Å². The topological polar surface area (TPSA) is 47.3 Å². The molecule has 9 aromatic rings. The van der Waals surface area contributed by atoms with E-state index in [0.29, 0.717) is 5.44 Å². The number of hydrogen-bond donors (Lipinski definition) is 0. The van der Waals surface area contributed by atoms with Crippen LogP contribution in [-0.4, -0.2) is 14.4 Å². The van der Waals surface area contributed by atoms with Crippen LogP contribution in [0.4, 0.5) is 0 Å². The molecule has 0 saturated heterocycles. The normalized spacial score (nSPS) is 12.1. The minimum atomic E-state index is -3.13. The number of benzene rings is 6. The second kappa shape index (κ2) is 9.99. The molecule has 9 rings (SSSR count). The fraction of sp³-hybridized carbons (Fsp3) is 0. The number of nitrogens with zero attached hydrogens (tertiary/aromatic N) is 3. The van der Waals surface area contributed by atoms with Crippen molar-refractivity contribution in [1.29, 1.82) is 0 Å². The van der Waals surface area contributed by atoms with E-state index in [1.54, 1.807) is 0 Å². The van der Waals surface area contributed by atoms with Gasteiger partial charge in [-0.1, -0.05) is 127 Å². The van der Waals surface area contributed by atoms with E-state index in [9.17, 15) is 4.57 Å². The van der Waals surface area contributed by atoms with Crippen molar-refractivity contribution in [3.63, 3.8) is 0 Å². The van der Waals surface area contributed by atoms with Gasteiger partial charge in [-0.15, -0.1) is 0 Å². The van der Waals surface area contributed by atoms with E-state index >= 15 is 0 Å². The standard InChI is InChI=1S/C40H26N3OP/c44-45(30-11-3-1-4-12-30,31-13-5-2-6-14-31)38-24-21-29(26-41-38)27-19-22-32-28(25-27)20-23-34-33-15-7-8-16-35(33)40-42-36-17-9-10-18-37(36)43(40)39(32)34/h1-26H. The molecule has 4 nitrogen and oxygen atoms in total. The number of hydrogen-bond acceptors (Lipinski definition) is 3. The molecule has 0 aliphatic rings. The fourth-order valence-electron chi connectivity index (χ4n) is 6.73. The molecule has 0 fully saturated rings. The van der Waals surface area contributed by atoms with Crippen molar-refractivity contribution in [2.75, 3.05) is 0 Å². The van der Waals surface area contributed by atoms with Gasteiger partial charge < -0.3 is 4.57 Å². The molecule has 0 radical (unpaired) electrons. The number of rotatable bonds is 4. The maximum atomic E-state index is 14.8. The number of pyridine rings is 2. The van der Waals surface area contributed by atoms with Crippen molar-refractivity contribution in [2.24, 2.45) is 0 Å². The summed E-state index contributed by atoms with van der Waals surface area (Å²) in [5, 5.41) is 7.40. The Hall–Kier alpha value is -5.57. The highest BCUT2D eigenvalue weighted by Crippen LogP contribution is 2.42. The minimum absolute atomic E-state index is 0.580. The van der Waals surface area contributed by atoms with E-state index in [0.717, 1.165) is 60.1 Å². The summed E-state index contributed by atoms with van der Waals surface area (Å²) >= 11 is 0. The summed E-state index contributed by atoms with van der Waals surface area (Å²) in [5.74, 6) is 0. The van der Waals surface area contributed by atoms with Gasteiger partial charge in [-0.3, -0.25) is 9.38 Å². The molecule has 0 atom stereocenters. The highest BCUT2D eigenvalue weighted by Gasteiger charge is 2.31. The Balaban J connectivity index is 1.22. The van der Waals surface area contributed by atoms with Crippen LogP contribution in [0.5, 0.6) is 0 Å². The molecule has 3 heterocycles. The van der Waals surface area contributed by atoms with Gasteiger partial charge in [-0.2, -0.15) is 0 Å². The first-order chi connectivity index (χ1) is 22.2. The van der Waals surface area contributed by atoms with Crippen LogP contribution >= 0.6 is 7.14 Å². The monoisotopic (exact) mass is 595 g/mol. The third-order valence-corrected chi connectivity index (χ3v) is 11.8. The van der Waals surface area contributed by atoms with Crippen LogP contribution in [-0.2, 0) is 4.57 Å². The highest BCUT2D eigenvalue weighted by atomic mass is 31.2. The van der Waals surface area contributed by atoms with Crippen LogP contribution in [0.1, 0.15) is 0 Å². The molecule has 0 amide bonds. The van der Waals surface area contributed by atoms with Gasteiger partial charge in [-0.25, -0.2) is 4.98 Å².